The first-order valence-corrected chi connectivity index (χ1v) is 20.9. The highest BCUT2D eigenvalue weighted by atomic mass is 14.1. The van der Waals surface area contributed by atoms with Gasteiger partial charge in [-0.05, 0) is 166 Å². The Morgan fingerprint density at radius 1 is 0.291 bits per heavy atom. The van der Waals surface area contributed by atoms with Gasteiger partial charge in [0.15, 0.2) is 0 Å². The molecule has 0 heterocycles. The second-order valence-electron chi connectivity index (χ2n) is 17.5. The zero-order valence-electron chi connectivity index (χ0n) is 39.0. The van der Waals surface area contributed by atoms with Gasteiger partial charge in [-0.3, -0.25) is 0 Å². The van der Waals surface area contributed by atoms with Crippen LogP contribution >= 0.6 is 0 Å². The highest BCUT2D eigenvalue weighted by Crippen LogP contribution is 2.23. The van der Waals surface area contributed by atoms with Crippen molar-refractivity contribution in [3.05, 3.63) is 174 Å². The maximum absolute atomic E-state index is 2.28. The molecule has 5 aromatic carbocycles. The Labute approximate surface area is 341 Å². The molecule has 0 bridgehead atoms. The van der Waals surface area contributed by atoms with Gasteiger partial charge < -0.3 is 0 Å². The van der Waals surface area contributed by atoms with E-state index in [0.29, 0.717) is 29.6 Å². The molecule has 0 aliphatic carbocycles. The molecule has 300 valence electrons. The summed E-state index contributed by atoms with van der Waals surface area (Å²) >= 11 is 0. The average molecular weight is 741 g/mol. The minimum atomic E-state index is 0.647. The molecule has 0 N–H and O–H groups in total. The van der Waals surface area contributed by atoms with Gasteiger partial charge in [-0.2, -0.15) is 0 Å². The molecule has 55 heavy (non-hydrogen) atoms. The van der Waals surface area contributed by atoms with Crippen LogP contribution in [-0.2, 0) is 0 Å². The Bertz CT molecular complexity index is 1830. The van der Waals surface area contributed by atoms with Gasteiger partial charge in [-0.15, -0.1) is 0 Å². The van der Waals surface area contributed by atoms with Gasteiger partial charge in [0.2, 0.25) is 0 Å². The van der Waals surface area contributed by atoms with Crippen LogP contribution in [0, 0.1) is 69.2 Å². The van der Waals surface area contributed by atoms with Crippen molar-refractivity contribution in [3.8, 4) is 0 Å². The highest BCUT2D eigenvalue weighted by molar-refractivity contribution is 5.37. The monoisotopic (exact) mass is 741 g/mol. The standard InChI is InChI=1S/5C11H16/c1-8(2)11-6-9(3)5-10(4)7-11;1-8(2)11-6-5-9(3)10(4)7-11;1-8(2)11-7-9(3)5-6-10(11)4;1-8(2)11-7-5-6-9(3)10(11)4;1-8(2)11-9(3)6-5-7-10(11)4/h5*5-8H,1-4H3. The lowest BCUT2D eigenvalue weighted by atomic mass is 9.94. The Morgan fingerprint density at radius 3 is 1.16 bits per heavy atom. The molecular weight excluding hydrogens is 661 g/mol. The Hall–Kier alpha value is -3.90. The Kier molecular flexibility index (Phi) is 21.3. The molecule has 5 aromatic rings. The van der Waals surface area contributed by atoms with Gasteiger partial charge in [0, 0.05) is 0 Å². The van der Waals surface area contributed by atoms with Crippen LogP contribution in [0.1, 0.15) is 182 Å². The summed E-state index contributed by atoms with van der Waals surface area (Å²) < 4.78 is 0. The summed E-state index contributed by atoms with van der Waals surface area (Å²) in [5.41, 5.74) is 21.3. The van der Waals surface area contributed by atoms with E-state index in [9.17, 15) is 0 Å². The molecule has 0 atom stereocenters. The number of hydrogen-bond donors (Lipinski definition) is 0. The topological polar surface area (TPSA) is 0 Å². The van der Waals surface area contributed by atoms with Gasteiger partial charge in [0.25, 0.3) is 0 Å². The summed E-state index contributed by atoms with van der Waals surface area (Å²) in [5, 5.41) is 0. The molecule has 0 saturated carbocycles. The molecule has 0 spiro atoms. The summed E-state index contributed by atoms with van der Waals surface area (Å²) in [6.45, 7) is 44.0. The van der Waals surface area contributed by atoms with Gasteiger partial charge in [-0.25, -0.2) is 0 Å². The third-order valence-electron chi connectivity index (χ3n) is 10.6. The van der Waals surface area contributed by atoms with E-state index in [-0.39, 0.29) is 0 Å². The quantitative estimate of drug-likeness (QED) is 0.168. The Balaban J connectivity index is 0.000000344. The zero-order chi connectivity index (χ0) is 42.2. The van der Waals surface area contributed by atoms with E-state index < -0.39 is 0 Å². The number of hydrogen-bond acceptors (Lipinski definition) is 0. The van der Waals surface area contributed by atoms with Crippen molar-refractivity contribution < 1.29 is 0 Å². The van der Waals surface area contributed by atoms with Gasteiger partial charge >= 0.3 is 0 Å². The van der Waals surface area contributed by atoms with Crippen molar-refractivity contribution in [2.75, 3.05) is 0 Å². The van der Waals surface area contributed by atoms with Crippen LogP contribution in [0.4, 0.5) is 0 Å². The number of rotatable bonds is 5. The molecule has 0 aliphatic rings. The lowest BCUT2D eigenvalue weighted by Crippen LogP contribution is -1.94. The van der Waals surface area contributed by atoms with Crippen molar-refractivity contribution in [1.82, 2.24) is 0 Å². The third kappa shape index (κ3) is 17.2. The van der Waals surface area contributed by atoms with Crippen LogP contribution < -0.4 is 0 Å². The van der Waals surface area contributed by atoms with Gasteiger partial charge in [-0.1, -0.05) is 177 Å². The van der Waals surface area contributed by atoms with Crippen molar-refractivity contribution in [2.45, 2.75) is 168 Å². The van der Waals surface area contributed by atoms with Crippen LogP contribution in [0.25, 0.3) is 0 Å². The molecular formula is C55H80. The molecule has 0 unspecified atom stereocenters. The maximum atomic E-state index is 2.28. The molecule has 5 rings (SSSR count). The SMILES string of the molecule is Cc1cc(C)cc(C(C)C)c1.Cc1ccc(C(C)C)cc1C.Cc1ccc(C)c(C(C)C)c1.Cc1cccc(C(C)C)c1C.Cc1cccc(C)c1C(C)C. The predicted molar refractivity (Wildman–Crippen MR) is 250 cm³/mol. The lowest BCUT2D eigenvalue weighted by Gasteiger charge is -2.12. The minimum Gasteiger partial charge on any atom is -0.0617 e. The first kappa shape index (κ1) is 49.1. The van der Waals surface area contributed by atoms with Crippen molar-refractivity contribution in [1.29, 1.82) is 0 Å². The molecule has 0 nitrogen and oxygen atoms in total. The fourth-order valence-electron chi connectivity index (χ4n) is 6.99. The zero-order valence-corrected chi connectivity index (χ0v) is 39.0. The first-order valence-electron chi connectivity index (χ1n) is 20.9. The first-order chi connectivity index (χ1) is 25.6. The van der Waals surface area contributed by atoms with E-state index in [2.05, 4.69) is 229 Å². The molecule has 0 fully saturated rings. The van der Waals surface area contributed by atoms with E-state index in [1.165, 1.54) is 83.5 Å². The van der Waals surface area contributed by atoms with Gasteiger partial charge in [0.05, 0.1) is 0 Å². The average Bonchev–Trinajstić information content (AvgIpc) is 3.08. The summed E-state index contributed by atoms with van der Waals surface area (Å²) in [6.07, 6.45) is 0. The minimum absolute atomic E-state index is 0.647. The second kappa shape index (κ2) is 23.9. The molecule has 0 aliphatic heterocycles. The molecule has 0 aromatic heterocycles. The normalized spacial score (nSPS) is 10.6. The lowest BCUT2D eigenvalue weighted by molar-refractivity contribution is 0.846. The Morgan fingerprint density at radius 2 is 0.764 bits per heavy atom. The van der Waals surface area contributed by atoms with Crippen molar-refractivity contribution in [3.63, 3.8) is 0 Å². The van der Waals surface area contributed by atoms with E-state index in [4.69, 9.17) is 0 Å². The fraction of sp³-hybridized carbons (Fsp3) is 0.455. The predicted octanol–water partition coefficient (Wildman–Crippen LogP) is 17.1. The third-order valence-corrected chi connectivity index (χ3v) is 10.6. The highest BCUT2D eigenvalue weighted by Gasteiger charge is 2.06. The molecule has 0 heteroatoms. The summed E-state index contributed by atoms with van der Waals surface area (Å²) in [4.78, 5) is 0. The summed E-state index contributed by atoms with van der Waals surface area (Å²) in [7, 11) is 0. The number of aryl methyl sites for hydroxylation is 9. The molecule has 0 radical (unpaired) electrons. The molecule has 0 saturated heterocycles. The van der Waals surface area contributed by atoms with Crippen LogP contribution in [0.15, 0.2) is 91.0 Å². The fourth-order valence-corrected chi connectivity index (χ4v) is 6.99. The van der Waals surface area contributed by atoms with Crippen LogP contribution in [-0.4, -0.2) is 0 Å². The smallest absolute Gasteiger partial charge is 0.0214 e. The van der Waals surface area contributed by atoms with Crippen LogP contribution in [0.2, 0.25) is 0 Å². The second-order valence-corrected chi connectivity index (χ2v) is 17.5. The van der Waals surface area contributed by atoms with Crippen molar-refractivity contribution >= 4 is 0 Å². The maximum Gasteiger partial charge on any atom is -0.0214 e. The summed E-state index contributed by atoms with van der Waals surface area (Å²) in [5.74, 6) is 3.24. The van der Waals surface area contributed by atoms with E-state index >= 15 is 0 Å². The van der Waals surface area contributed by atoms with Gasteiger partial charge in [0.1, 0.15) is 0 Å². The summed E-state index contributed by atoms with van der Waals surface area (Å²) in [6, 6.07) is 33.1. The van der Waals surface area contributed by atoms with E-state index in [0.717, 1.165) is 0 Å². The molecule has 0 amide bonds. The van der Waals surface area contributed by atoms with E-state index in [1.807, 2.05) is 0 Å². The van der Waals surface area contributed by atoms with Crippen LogP contribution in [0.3, 0.4) is 0 Å². The largest absolute Gasteiger partial charge is 0.0617 e. The van der Waals surface area contributed by atoms with E-state index in [1.54, 1.807) is 0 Å². The van der Waals surface area contributed by atoms with Crippen LogP contribution in [0.5, 0.6) is 0 Å². The van der Waals surface area contributed by atoms with Crippen molar-refractivity contribution in [2.24, 2.45) is 0 Å². The number of benzene rings is 5.